The van der Waals surface area contributed by atoms with Gasteiger partial charge in [0.2, 0.25) is 0 Å². The van der Waals surface area contributed by atoms with Crippen LogP contribution in [0.5, 0.6) is 11.5 Å². The van der Waals surface area contributed by atoms with Gasteiger partial charge in [0.25, 0.3) is 11.8 Å². The predicted molar refractivity (Wildman–Crippen MR) is 114 cm³/mol. The van der Waals surface area contributed by atoms with E-state index < -0.39 is 17.9 Å². The van der Waals surface area contributed by atoms with Gasteiger partial charge in [0.05, 0.1) is 5.02 Å². The molecule has 2 amide bonds. The van der Waals surface area contributed by atoms with Crippen LogP contribution in [0.4, 0.5) is 0 Å². The highest BCUT2D eigenvalue weighted by Gasteiger charge is 2.17. The first-order chi connectivity index (χ1) is 14.5. The molecule has 2 N–H and O–H groups in total. The van der Waals surface area contributed by atoms with Crippen LogP contribution in [0.2, 0.25) is 5.02 Å². The van der Waals surface area contributed by atoms with Gasteiger partial charge in [-0.15, -0.1) is 0 Å². The van der Waals surface area contributed by atoms with E-state index in [1.165, 1.54) is 0 Å². The molecule has 154 valence electrons. The van der Waals surface area contributed by atoms with Crippen molar-refractivity contribution in [1.29, 1.82) is 0 Å². The molecule has 7 heteroatoms. The van der Waals surface area contributed by atoms with Crippen LogP contribution < -0.4 is 20.3 Å². The molecular weight excluding hydrogens is 404 g/mol. The van der Waals surface area contributed by atoms with Gasteiger partial charge in [-0.2, -0.15) is 0 Å². The summed E-state index contributed by atoms with van der Waals surface area (Å²) in [5, 5.41) is 0.399. The molecule has 0 aromatic heterocycles. The van der Waals surface area contributed by atoms with Crippen molar-refractivity contribution in [3.8, 4) is 11.5 Å². The number of amides is 2. The Hall–Kier alpha value is -3.51. The van der Waals surface area contributed by atoms with Crippen molar-refractivity contribution in [3.63, 3.8) is 0 Å². The molecule has 0 saturated carbocycles. The molecule has 1 atom stereocenters. The van der Waals surface area contributed by atoms with Crippen molar-refractivity contribution < 1.29 is 19.1 Å². The van der Waals surface area contributed by atoms with Crippen LogP contribution in [-0.2, 0) is 11.4 Å². The third-order valence-electron chi connectivity index (χ3n) is 4.17. The monoisotopic (exact) mass is 424 g/mol. The lowest BCUT2D eigenvalue weighted by Gasteiger charge is -2.16. The summed E-state index contributed by atoms with van der Waals surface area (Å²) in [5.74, 6) is 0.0643. The number of hydrogen-bond donors (Lipinski definition) is 2. The van der Waals surface area contributed by atoms with Crippen LogP contribution in [0.25, 0.3) is 0 Å². The van der Waals surface area contributed by atoms with Gasteiger partial charge in [-0.1, -0.05) is 54.1 Å². The van der Waals surface area contributed by atoms with Crippen LogP contribution in [0.1, 0.15) is 22.8 Å². The number of nitrogens with one attached hydrogen (secondary N) is 2. The fourth-order valence-electron chi connectivity index (χ4n) is 2.52. The molecule has 0 bridgehead atoms. The Morgan fingerprint density at radius 3 is 2.27 bits per heavy atom. The molecule has 30 heavy (non-hydrogen) atoms. The molecule has 0 fully saturated rings. The minimum Gasteiger partial charge on any atom is -0.489 e. The van der Waals surface area contributed by atoms with Gasteiger partial charge in [0.1, 0.15) is 18.1 Å². The number of hydrazine groups is 1. The second kappa shape index (κ2) is 10.3. The molecule has 6 nitrogen and oxygen atoms in total. The van der Waals surface area contributed by atoms with Crippen LogP contribution in [0.3, 0.4) is 0 Å². The van der Waals surface area contributed by atoms with E-state index in [0.717, 1.165) is 5.56 Å². The van der Waals surface area contributed by atoms with Gasteiger partial charge in [0.15, 0.2) is 6.10 Å². The smallest absolute Gasteiger partial charge is 0.279 e. The van der Waals surface area contributed by atoms with Crippen molar-refractivity contribution in [2.75, 3.05) is 0 Å². The summed E-state index contributed by atoms with van der Waals surface area (Å²) >= 11 is 6.01. The quantitative estimate of drug-likeness (QED) is 0.559. The molecule has 3 aromatic rings. The van der Waals surface area contributed by atoms with Gasteiger partial charge in [0, 0.05) is 5.56 Å². The summed E-state index contributed by atoms with van der Waals surface area (Å²) in [5.41, 5.74) is 6.14. The van der Waals surface area contributed by atoms with E-state index >= 15 is 0 Å². The first-order valence-electron chi connectivity index (χ1n) is 9.31. The number of ether oxygens (including phenoxy) is 2. The maximum Gasteiger partial charge on any atom is 0.279 e. The van der Waals surface area contributed by atoms with Crippen molar-refractivity contribution in [2.45, 2.75) is 19.6 Å². The Balaban J connectivity index is 1.47. The lowest BCUT2D eigenvalue weighted by Crippen LogP contribution is -2.47. The van der Waals surface area contributed by atoms with E-state index in [4.69, 9.17) is 21.1 Å². The number of rotatable bonds is 7. The Morgan fingerprint density at radius 2 is 1.57 bits per heavy atom. The third-order valence-corrected chi connectivity index (χ3v) is 4.49. The Morgan fingerprint density at radius 1 is 0.900 bits per heavy atom. The molecule has 0 aliphatic heterocycles. The zero-order valence-electron chi connectivity index (χ0n) is 16.3. The van der Waals surface area contributed by atoms with Gasteiger partial charge < -0.3 is 9.47 Å². The summed E-state index contributed by atoms with van der Waals surface area (Å²) in [6.45, 7) is 2.00. The standard InChI is InChI=1S/C23H21ClN2O4/c1-16(30-21-10-6-5-9-20(21)24)22(27)25-26-23(28)18-11-13-19(14-12-18)29-15-17-7-3-2-4-8-17/h2-14,16H,15H2,1H3,(H,25,27)(H,26,28). The Kier molecular flexibility index (Phi) is 7.29. The average molecular weight is 425 g/mol. The highest BCUT2D eigenvalue weighted by Crippen LogP contribution is 2.24. The minimum atomic E-state index is -0.848. The second-order valence-electron chi connectivity index (χ2n) is 6.43. The lowest BCUT2D eigenvalue weighted by molar-refractivity contribution is -0.128. The molecule has 3 rings (SSSR count). The molecule has 0 heterocycles. The number of benzene rings is 3. The summed E-state index contributed by atoms with van der Waals surface area (Å²) in [7, 11) is 0. The van der Waals surface area contributed by atoms with Crippen molar-refractivity contribution in [3.05, 3.63) is 95.0 Å². The van der Waals surface area contributed by atoms with E-state index in [9.17, 15) is 9.59 Å². The van der Waals surface area contributed by atoms with E-state index in [0.29, 0.717) is 28.7 Å². The first kappa shape index (κ1) is 21.2. The molecular formula is C23H21ClN2O4. The zero-order chi connectivity index (χ0) is 21.3. The van der Waals surface area contributed by atoms with E-state index in [1.807, 2.05) is 30.3 Å². The fraction of sp³-hybridized carbons (Fsp3) is 0.130. The van der Waals surface area contributed by atoms with Crippen molar-refractivity contribution >= 4 is 23.4 Å². The highest BCUT2D eigenvalue weighted by atomic mass is 35.5. The van der Waals surface area contributed by atoms with Crippen LogP contribution in [0, 0.1) is 0 Å². The number of carbonyl (C=O) groups is 2. The molecule has 0 radical (unpaired) electrons. The average Bonchev–Trinajstić information content (AvgIpc) is 2.78. The summed E-state index contributed by atoms with van der Waals surface area (Å²) in [6.07, 6.45) is -0.848. The largest absolute Gasteiger partial charge is 0.489 e. The predicted octanol–water partition coefficient (Wildman–Crippen LogP) is 4.15. The van der Waals surface area contributed by atoms with Gasteiger partial charge >= 0.3 is 0 Å². The Labute approximate surface area is 179 Å². The number of hydrogen-bond acceptors (Lipinski definition) is 4. The molecule has 1 unspecified atom stereocenters. The Bertz CT molecular complexity index is 994. The zero-order valence-corrected chi connectivity index (χ0v) is 17.1. The summed E-state index contributed by atoms with van der Waals surface area (Å²) in [6, 6.07) is 23.2. The van der Waals surface area contributed by atoms with Gasteiger partial charge in [-0.05, 0) is 48.9 Å². The van der Waals surface area contributed by atoms with Crippen LogP contribution >= 0.6 is 11.6 Å². The highest BCUT2D eigenvalue weighted by molar-refractivity contribution is 6.32. The summed E-state index contributed by atoms with van der Waals surface area (Å²) < 4.78 is 11.2. The second-order valence-corrected chi connectivity index (χ2v) is 6.84. The minimum absolute atomic E-state index is 0.377. The lowest BCUT2D eigenvalue weighted by atomic mass is 10.2. The molecule has 3 aromatic carbocycles. The first-order valence-corrected chi connectivity index (χ1v) is 9.69. The van der Waals surface area contributed by atoms with E-state index in [1.54, 1.807) is 55.5 Å². The van der Waals surface area contributed by atoms with Crippen molar-refractivity contribution in [2.24, 2.45) is 0 Å². The van der Waals surface area contributed by atoms with E-state index in [2.05, 4.69) is 10.9 Å². The molecule has 0 aliphatic carbocycles. The van der Waals surface area contributed by atoms with Gasteiger partial charge in [-0.3, -0.25) is 20.4 Å². The topological polar surface area (TPSA) is 76.7 Å². The van der Waals surface area contributed by atoms with Crippen molar-refractivity contribution in [1.82, 2.24) is 10.9 Å². The fourth-order valence-corrected chi connectivity index (χ4v) is 2.70. The normalized spacial score (nSPS) is 11.3. The summed E-state index contributed by atoms with van der Waals surface area (Å²) in [4.78, 5) is 24.4. The molecule has 0 spiro atoms. The number of para-hydroxylation sites is 1. The van der Waals surface area contributed by atoms with Crippen LogP contribution in [-0.4, -0.2) is 17.9 Å². The SMILES string of the molecule is CC(Oc1ccccc1Cl)C(=O)NNC(=O)c1ccc(OCc2ccccc2)cc1. The maximum atomic E-state index is 12.2. The van der Waals surface area contributed by atoms with Crippen LogP contribution in [0.15, 0.2) is 78.9 Å². The third kappa shape index (κ3) is 5.99. The number of halogens is 1. The molecule has 0 saturated heterocycles. The molecule has 0 aliphatic rings. The number of carbonyl (C=O) groups excluding carboxylic acids is 2. The van der Waals surface area contributed by atoms with Gasteiger partial charge in [-0.25, -0.2) is 0 Å². The maximum absolute atomic E-state index is 12.2. The van der Waals surface area contributed by atoms with E-state index in [-0.39, 0.29) is 0 Å².